The minimum atomic E-state index is -0.382. The van der Waals surface area contributed by atoms with Crippen molar-refractivity contribution in [3.8, 4) is 17.2 Å². The van der Waals surface area contributed by atoms with Crippen molar-refractivity contribution in [3.63, 3.8) is 0 Å². The van der Waals surface area contributed by atoms with E-state index >= 15 is 0 Å². The molecule has 4 nitrogen and oxygen atoms in total. The Morgan fingerprint density at radius 3 is 2.53 bits per heavy atom. The quantitative estimate of drug-likeness (QED) is 0.660. The number of hydrogen-bond donors (Lipinski definition) is 3. The molecular formula is C11H16O4. The molecule has 3 N–H and O–H groups in total. The molecule has 0 aliphatic rings. The first-order chi connectivity index (χ1) is 7.04. The van der Waals surface area contributed by atoms with Gasteiger partial charge in [-0.05, 0) is 37.5 Å². The topological polar surface area (TPSA) is 69.9 Å². The second-order valence-electron chi connectivity index (χ2n) is 3.55. The number of rotatable bonds is 4. The highest BCUT2D eigenvalue weighted by Crippen LogP contribution is 2.36. The van der Waals surface area contributed by atoms with Crippen LogP contribution in [0.4, 0.5) is 0 Å². The molecule has 0 amide bonds. The summed E-state index contributed by atoms with van der Waals surface area (Å²) in [7, 11) is 1.42. The molecule has 1 atom stereocenters. The number of hydrogen-bond acceptors (Lipinski definition) is 4. The van der Waals surface area contributed by atoms with Gasteiger partial charge in [0.05, 0.1) is 13.2 Å². The lowest BCUT2D eigenvalue weighted by molar-refractivity contribution is 0.185. The van der Waals surface area contributed by atoms with Gasteiger partial charge in [-0.3, -0.25) is 0 Å². The van der Waals surface area contributed by atoms with Crippen molar-refractivity contribution >= 4 is 0 Å². The predicted molar refractivity (Wildman–Crippen MR) is 56.3 cm³/mol. The lowest BCUT2D eigenvalue weighted by Crippen LogP contribution is -2.01. The molecule has 0 spiro atoms. The molecule has 1 rings (SSSR count). The summed E-state index contributed by atoms with van der Waals surface area (Å²) in [6, 6.07) is 3.12. The molecular weight excluding hydrogens is 196 g/mol. The standard InChI is InChI=1S/C11H16O4/c1-7(12)3-4-8-5-9(13)11(14)10(6-8)15-2/h5-7,12-14H,3-4H2,1-2H3/t7-/m0/s1. The molecule has 0 aliphatic heterocycles. The molecule has 1 aromatic rings. The van der Waals surface area contributed by atoms with Crippen LogP contribution in [0.3, 0.4) is 0 Å². The van der Waals surface area contributed by atoms with Crippen molar-refractivity contribution < 1.29 is 20.1 Å². The van der Waals surface area contributed by atoms with Gasteiger partial charge in [-0.2, -0.15) is 0 Å². The summed E-state index contributed by atoms with van der Waals surface area (Å²) in [5.74, 6) is -0.205. The molecule has 0 aromatic heterocycles. The van der Waals surface area contributed by atoms with Crippen molar-refractivity contribution in [2.24, 2.45) is 0 Å². The molecule has 1 aromatic carbocycles. The van der Waals surface area contributed by atoms with Crippen molar-refractivity contribution in [3.05, 3.63) is 17.7 Å². The van der Waals surface area contributed by atoms with Crippen LogP contribution in [0.1, 0.15) is 18.9 Å². The summed E-state index contributed by atoms with van der Waals surface area (Å²) in [4.78, 5) is 0. The molecule has 0 aliphatic carbocycles. The zero-order valence-electron chi connectivity index (χ0n) is 8.90. The lowest BCUT2D eigenvalue weighted by atomic mass is 10.1. The molecule has 0 saturated heterocycles. The SMILES string of the molecule is COc1cc(CC[C@H](C)O)cc(O)c1O. The van der Waals surface area contributed by atoms with Gasteiger partial charge in [-0.15, -0.1) is 0 Å². The van der Waals surface area contributed by atoms with Crippen LogP contribution in [-0.4, -0.2) is 28.5 Å². The molecule has 0 radical (unpaired) electrons. The highest BCUT2D eigenvalue weighted by atomic mass is 16.5. The van der Waals surface area contributed by atoms with Gasteiger partial charge in [-0.1, -0.05) is 0 Å². The number of aromatic hydroxyl groups is 2. The fraction of sp³-hybridized carbons (Fsp3) is 0.455. The van der Waals surface area contributed by atoms with Crippen molar-refractivity contribution in [2.45, 2.75) is 25.9 Å². The number of ether oxygens (including phenoxy) is 1. The third-order valence-electron chi connectivity index (χ3n) is 2.19. The predicted octanol–water partition coefficient (Wildman–Crippen LogP) is 1.42. The Bertz CT molecular complexity index is 334. The third-order valence-corrected chi connectivity index (χ3v) is 2.19. The smallest absolute Gasteiger partial charge is 0.200 e. The molecule has 84 valence electrons. The fourth-order valence-corrected chi connectivity index (χ4v) is 1.32. The van der Waals surface area contributed by atoms with Crippen LogP contribution >= 0.6 is 0 Å². The summed E-state index contributed by atoms with van der Waals surface area (Å²) in [5, 5.41) is 27.9. The van der Waals surface area contributed by atoms with Gasteiger partial charge in [0, 0.05) is 0 Å². The maximum absolute atomic E-state index is 9.38. The minimum Gasteiger partial charge on any atom is -0.504 e. The van der Waals surface area contributed by atoms with Gasteiger partial charge < -0.3 is 20.1 Å². The molecule has 4 heteroatoms. The van der Waals surface area contributed by atoms with Crippen LogP contribution in [0.5, 0.6) is 17.2 Å². The van der Waals surface area contributed by atoms with E-state index in [0.29, 0.717) is 12.8 Å². The Labute approximate surface area is 88.8 Å². The summed E-state index contributed by atoms with van der Waals surface area (Å²) >= 11 is 0. The molecule has 15 heavy (non-hydrogen) atoms. The third kappa shape index (κ3) is 3.02. The van der Waals surface area contributed by atoms with Crippen LogP contribution in [0.15, 0.2) is 12.1 Å². The highest BCUT2D eigenvalue weighted by molar-refractivity contribution is 5.51. The van der Waals surface area contributed by atoms with E-state index in [-0.39, 0.29) is 23.4 Å². The normalized spacial score (nSPS) is 12.5. The zero-order chi connectivity index (χ0) is 11.4. The van der Waals surface area contributed by atoms with Gasteiger partial charge in [0.1, 0.15) is 0 Å². The largest absolute Gasteiger partial charge is 0.504 e. The number of aryl methyl sites for hydroxylation is 1. The first-order valence-electron chi connectivity index (χ1n) is 4.81. The van der Waals surface area contributed by atoms with E-state index in [4.69, 9.17) is 9.84 Å². The number of phenolic OH excluding ortho intramolecular Hbond substituents is 2. The van der Waals surface area contributed by atoms with E-state index < -0.39 is 0 Å². The number of benzene rings is 1. The van der Waals surface area contributed by atoms with Gasteiger partial charge in [0.15, 0.2) is 11.5 Å². The molecule has 0 saturated carbocycles. The first kappa shape index (κ1) is 11.7. The number of aliphatic hydroxyl groups is 1. The summed E-state index contributed by atoms with van der Waals surface area (Å²) < 4.78 is 4.90. The van der Waals surface area contributed by atoms with E-state index in [0.717, 1.165) is 5.56 Å². The van der Waals surface area contributed by atoms with Crippen molar-refractivity contribution in [1.29, 1.82) is 0 Å². The zero-order valence-corrected chi connectivity index (χ0v) is 8.90. The Morgan fingerprint density at radius 1 is 1.33 bits per heavy atom. The van der Waals surface area contributed by atoms with Crippen molar-refractivity contribution in [2.75, 3.05) is 7.11 Å². The summed E-state index contributed by atoms with van der Waals surface area (Å²) in [6.07, 6.45) is 0.849. The van der Waals surface area contributed by atoms with E-state index in [2.05, 4.69) is 0 Å². The second kappa shape index (κ2) is 4.89. The van der Waals surface area contributed by atoms with Crippen LogP contribution in [0.2, 0.25) is 0 Å². The van der Waals surface area contributed by atoms with E-state index in [1.54, 1.807) is 13.0 Å². The molecule has 0 bridgehead atoms. The average Bonchev–Trinajstić information content (AvgIpc) is 2.19. The second-order valence-corrected chi connectivity index (χ2v) is 3.55. The van der Waals surface area contributed by atoms with Gasteiger partial charge in [-0.25, -0.2) is 0 Å². The Balaban J connectivity index is 2.86. The maximum atomic E-state index is 9.38. The van der Waals surface area contributed by atoms with E-state index in [9.17, 15) is 10.2 Å². The van der Waals surface area contributed by atoms with Crippen LogP contribution in [-0.2, 0) is 6.42 Å². The van der Waals surface area contributed by atoms with Crippen LogP contribution in [0, 0.1) is 0 Å². The summed E-state index contributed by atoms with van der Waals surface area (Å²) in [5.41, 5.74) is 0.822. The van der Waals surface area contributed by atoms with Gasteiger partial charge in [0.25, 0.3) is 0 Å². The molecule has 0 unspecified atom stereocenters. The number of phenols is 2. The number of aliphatic hydroxyl groups excluding tert-OH is 1. The lowest BCUT2D eigenvalue weighted by Gasteiger charge is -2.09. The van der Waals surface area contributed by atoms with Gasteiger partial charge >= 0.3 is 0 Å². The van der Waals surface area contributed by atoms with Gasteiger partial charge in [0.2, 0.25) is 5.75 Å². The Morgan fingerprint density at radius 2 is 2.00 bits per heavy atom. The van der Waals surface area contributed by atoms with E-state index in [1.165, 1.54) is 13.2 Å². The molecule has 0 heterocycles. The monoisotopic (exact) mass is 212 g/mol. The summed E-state index contributed by atoms with van der Waals surface area (Å²) in [6.45, 7) is 1.71. The van der Waals surface area contributed by atoms with Crippen LogP contribution < -0.4 is 4.74 Å². The highest BCUT2D eigenvalue weighted by Gasteiger charge is 2.09. The van der Waals surface area contributed by atoms with Crippen LogP contribution in [0.25, 0.3) is 0 Å². The first-order valence-corrected chi connectivity index (χ1v) is 4.81. The minimum absolute atomic E-state index is 0.199. The van der Waals surface area contributed by atoms with E-state index in [1.807, 2.05) is 0 Å². The Kier molecular flexibility index (Phi) is 3.80. The number of methoxy groups -OCH3 is 1. The fourth-order valence-electron chi connectivity index (χ4n) is 1.32. The maximum Gasteiger partial charge on any atom is 0.200 e. The molecule has 0 fully saturated rings. The Hall–Kier alpha value is -1.42. The van der Waals surface area contributed by atoms with Crippen molar-refractivity contribution in [1.82, 2.24) is 0 Å². The average molecular weight is 212 g/mol.